The molecule has 1 rings (SSSR count). The highest BCUT2D eigenvalue weighted by molar-refractivity contribution is 14.1. The van der Waals surface area contributed by atoms with Gasteiger partial charge in [-0.3, -0.25) is 0 Å². The van der Waals surface area contributed by atoms with Crippen LogP contribution in [-0.2, 0) is 10.0 Å². The van der Waals surface area contributed by atoms with Gasteiger partial charge in [-0.15, -0.1) is 0 Å². The Hall–Kier alpha value is -0.0500. The topological polar surface area (TPSA) is 94.9 Å². The summed E-state index contributed by atoms with van der Waals surface area (Å²) in [6.07, 6.45) is 2.31. The molecule has 0 heterocycles. The minimum absolute atomic E-state index is 0.0785. The molecule has 0 aromatic carbocycles. The molecule has 0 saturated heterocycles. The van der Waals surface area contributed by atoms with Gasteiger partial charge in [0, 0.05) is 15.4 Å². The van der Waals surface area contributed by atoms with Crippen LogP contribution in [0.5, 0.6) is 0 Å². The Morgan fingerprint density at radius 3 is 2.64 bits per heavy atom. The molecular weight excluding hydrogens is 319 g/mol. The SMILES string of the molecule is CS(=O)(=O)NC1CC(CI)(N=[N+]=[N-])C1. The van der Waals surface area contributed by atoms with Gasteiger partial charge < -0.3 is 0 Å². The third-order valence-electron chi connectivity index (χ3n) is 2.14. The molecule has 0 spiro atoms. The Morgan fingerprint density at radius 2 is 2.29 bits per heavy atom. The van der Waals surface area contributed by atoms with Crippen LogP contribution in [0.4, 0.5) is 0 Å². The summed E-state index contributed by atoms with van der Waals surface area (Å²) >= 11 is 2.15. The summed E-state index contributed by atoms with van der Waals surface area (Å²) in [7, 11) is -3.14. The van der Waals surface area contributed by atoms with Gasteiger partial charge in [-0.25, -0.2) is 13.1 Å². The summed E-state index contributed by atoms with van der Waals surface area (Å²) in [5.74, 6) is 0. The molecule has 1 saturated carbocycles. The van der Waals surface area contributed by atoms with Crippen molar-refractivity contribution in [2.24, 2.45) is 5.11 Å². The van der Waals surface area contributed by atoms with Crippen molar-refractivity contribution in [1.82, 2.24) is 4.72 Å². The van der Waals surface area contributed by atoms with Crippen LogP contribution < -0.4 is 4.72 Å². The molecule has 0 unspecified atom stereocenters. The average molecular weight is 330 g/mol. The van der Waals surface area contributed by atoms with Gasteiger partial charge in [-0.05, 0) is 18.4 Å². The molecule has 0 atom stereocenters. The number of azide groups is 1. The largest absolute Gasteiger partial charge is 0.213 e. The van der Waals surface area contributed by atoms with Crippen molar-refractivity contribution in [3.05, 3.63) is 10.4 Å². The van der Waals surface area contributed by atoms with Crippen LogP contribution >= 0.6 is 22.6 Å². The number of hydrogen-bond acceptors (Lipinski definition) is 3. The summed E-state index contributed by atoms with van der Waals surface area (Å²) < 4.78 is 25.0. The number of alkyl halides is 1. The van der Waals surface area contributed by atoms with E-state index in [1.165, 1.54) is 0 Å². The van der Waals surface area contributed by atoms with Crippen molar-refractivity contribution >= 4 is 32.6 Å². The molecule has 14 heavy (non-hydrogen) atoms. The quantitative estimate of drug-likeness (QED) is 0.275. The molecule has 80 valence electrons. The van der Waals surface area contributed by atoms with Gasteiger partial charge in [0.15, 0.2) is 0 Å². The highest BCUT2D eigenvalue weighted by atomic mass is 127. The van der Waals surface area contributed by atoms with Gasteiger partial charge in [0.1, 0.15) is 0 Å². The van der Waals surface area contributed by atoms with E-state index >= 15 is 0 Å². The minimum atomic E-state index is -3.14. The van der Waals surface area contributed by atoms with Gasteiger partial charge in [0.25, 0.3) is 0 Å². The highest BCUT2D eigenvalue weighted by Gasteiger charge is 2.43. The second-order valence-electron chi connectivity index (χ2n) is 3.54. The zero-order valence-electron chi connectivity index (χ0n) is 7.64. The third-order valence-corrected chi connectivity index (χ3v) is 4.32. The molecule has 1 aliphatic carbocycles. The first kappa shape index (κ1) is 12.0. The fourth-order valence-electron chi connectivity index (χ4n) is 1.56. The first-order valence-electron chi connectivity index (χ1n) is 4.00. The smallest absolute Gasteiger partial charge is 0.208 e. The Labute approximate surface area is 96.3 Å². The molecule has 0 bridgehead atoms. The number of sulfonamides is 1. The maximum Gasteiger partial charge on any atom is 0.208 e. The second-order valence-corrected chi connectivity index (χ2v) is 6.09. The van der Waals surface area contributed by atoms with Crippen LogP contribution in [0, 0.1) is 0 Å². The lowest BCUT2D eigenvalue weighted by atomic mass is 9.75. The van der Waals surface area contributed by atoms with E-state index in [0.29, 0.717) is 12.8 Å². The summed E-state index contributed by atoms with van der Waals surface area (Å²) in [4.78, 5) is 2.77. The van der Waals surface area contributed by atoms with Crippen molar-refractivity contribution in [1.29, 1.82) is 0 Å². The first-order valence-corrected chi connectivity index (χ1v) is 7.42. The third kappa shape index (κ3) is 2.97. The standard InChI is InChI=1S/C6H11IN4O2S/c1-14(12,13)9-5-2-6(3-5,4-7)10-11-8/h5,9H,2-4H2,1H3. The molecule has 1 N–H and O–H groups in total. The van der Waals surface area contributed by atoms with Crippen LogP contribution in [0.25, 0.3) is 10.4 Å². The molecular formula is C6H11IN4O2S. The molecule has 0 aromatic rings. The normalized spacial score (nSPS) is 31.7. The van der Waals surface area contributed by atoms with Crippen LogP contribution in [0.2, 0.25) is 0 Å². The Morgan fingerprint density at radius 1 is 1.71 bits per heavy atom. The molecule has 1 fully saturated rings. The number of halogens is 1. The number of rotatable bonds is 4. The Kier molecular flexibility index (Phi) is 3.62. The Bertz CT molecular complexity index is 356. The summed E-state index contributed by atoms with van der Waals surface area (Å²) in [6.45, 7) is 0. The van der Waals surface area contributed by atoms with E-state index in [9.17, 15) is 8.42 Å². The fraction of sp³-hybridized carbons (Fsp3) is 1.00. The second kappa shape index (κ2) is 4.21. The number of nitrogens with one attached hydrogen (secondary N) is 1. The van der Waals surface area contributed by atoms with Crippen LogP contribution in [0.1, 0.15) is 12.8 Å². The van der Waals surface area contributed by atoms with E-state index in [2.05, 4.69) is 37.3 Å². The number of hydrogen-bond donors (Lipinski definition) is 1. The molecule has 0 radical (unpaired) electrons. The molecule has 6 nitrogen and oxygen atoms in total. The lowest BCUT2D eigenvalue weighted by Gasteiger charge is -2.43. The summed E-state index contributed by atoms with van der Waals surface area (Å²) in [6, 6.07) is -0.0785. The highest BCUT2D eigenvalue weighted by Crippen LogP contribution is 2.38. The van der Waals surface area contributed by atoms with Crippen molar-refractivity contribution in [2.75, 3.05) is 10.7 Å². The lowest BCUT2D eigenvalue weighted by Crippen LogP contribution is -2.54. The van der Waals surface area contributed by atoms with E-state index < -0.39 is 10.0 Å². The predicted octanol–water partition coefficient (Wildman–Crippen LogP) is 1.18. The van der Waals surface area contributed by atoms with E-state index in [4.69, 9.17) is 5.53 Å². The monoisotopic (exact) mass is 330 g/mol. The average Bonchev–Trinajstić information content (AvgIpc) is 1.97. The van der Waals surface area contributed by atoms with E-state index in [1.807, 2.05) is 0 Å². The van der Waals surface area contributed by atoms with Crippen molar-refractivity contribution in [3.8, 4) is 0 Å². The predicted molar refractivity (Wildman–Crippen MR) is 61.8 cm³/mol. The van der Waals surface area contributed by atoms with Gasteiger partial charge in [0.2, 0.25) is 10.0 Å². The van der Waals surface area contributed by atoms with E-state index in [-0.39, 0.29) is 11.6 Å². The summed E-state index contributed by atoms with van der Waals surface area (Å²) in [5.41, 5.74) is 7.96. The lowest BCUT2D eigenvalue weighted by molar-refractivity contribution is 0.226. The molecule has 1 aliphatic rings. The first-order chi connectivity index (χ1) is 6.41. The molecule has 8 heteroatoms. The van der Waals surface area contributed by atoms with Gasteiger partial charge in [-0.2, -0.15) is 0 Å². The molecule has 0 aromatic heterocycles. The van der Waals surface area contributed by atoms with Crippen molar-refractivity contribution in [3.63, 3.8) is 0 Å². The molecule has 0 amide bonds. The van der Waals surface area contributed by atoms with E-state index in [1.54, 1.807) is 0 Å². The maximum absolute atomic E-state index is 10.9. The van der Waals surface area contributed by atoms with Gasteiger partial charge in [0.05, 0.1) is 11.8 Å². The van der Waals surface area contributed by atoms with Crippen molar-refractivity contribution < 1.29 is 8.42 Å². The van der Waals surface area contributed by atoms with Crippen molar-refractivity contribution in [2.45, 2.75) is 24.4 Å². The van der Waals surface area contributed by atoms with Crippen LogP contribution in [0.15, 0.2) is 5.11 Å². The summed E-state index contributed by atoms with van der Waals surface area (Å²) in [5, 5.41) is 3.70. The van der Waals surface area contributed by atoms with Gasteiger partial charge >= 0.3 is 0 Å². The maximum atomic E-state index is 10.9. The Balaban J connectivity index is 2.53. The molecule has 0 aliphatic heterocycles. The van der Waals surface area contributed by atoms with Crippen LogP contribution in [-0.4, -0.2) is 30.7 Å². The van der Waals surface area contributed by atoms with Gasteiger partial charge in [-0.1, -0.05) is 27.7 Å². The zero-order valence-corrected chi connectivity index (χ0v) is 10.6. The zero-order chi connectivity index (χ0) is 10.8. The fourth-order valence-corrected chi connectivity index (χ4v) is 3.10. The van der Waals surface area contributed by atoms with Crippen LogP contribution in [0.3, 0.4) is 0 Å². The number of nitrogens with zero attached hydrogens (tertiary/aromatic N) is 3. The minimum Gasteiger partial charge on any atom is -0.213 e. The van der Waals surface area contributed by atoms with E-state index in [0.717, 1.165) is 10.7 Å².